The quantitative estimate of drug-likeness (QED) is 0.763. The predicted octanol–water partition coefficient (Wildman–Crippen LogP) is 2.63. The lowest BCUT2D eigenvalue weighted by Crippen LogP contribution is -2.25. The molecule has 0 radical (unpaired) electrons. The molecule has 1 aromatic carbocycles. The van der Waals surface area contributed by atoms with Gasteiger partial charge in [-0.1, -0.05) is 17.7 Å². The highest BCUT2D eigenvalue weighted by Gasteiger charge is 2.27. The zero-order chi connectivity index (χ0) is 18.9. The zero-order valence-corrected chi connectivity index (χ0v) is 16.5. The second-order valence-corrected chi connectivity index (χ2v) is 8.64. The highest BCUT2D eigenvalue weighted by molar-refractivity contribution is 7.89. The summed E-state index contributed by atoms with van der Waals surface area (Å²) < 4.78 is 41.6. The SMILES string of the molecule is Cc1nn(CN(C)Cc2c(F)cccc2Cl)c(C)c1S(=O)(=O)N(C)C. The smallest absolute Gasteiger partial charge is 0.246 e. The first-order valence-electron chi connectivity index (χ1n) is 7.63. The van der Waals surface area contributed by atoms with Gasteiger partial charge in [-0.25, -0.2) is 17.1 Å². The number of benzene rings is 1. The normalized spacial score (nSPS) is 12.4. The number of rotatable bonds is 6. The largest absolute Gasteiger partial charge is 0.283 e. The third-order valence-electron chi connectivity index (χ3n) is 3.92. The van der Waals surface area contributed by atoms with Gasteiger partial charge in [-0.05, 0) is 33.0 Å². The third kappa shape index (κ3) is 4.03. The van der Waals surface area contributed by atoms with Gasteiger partial charge in [-0.2, -0.15) is 5.10 Å². The zero-order valence-electron chi connectivity index (χ0n) is 14.9. The number of hydrogen-bond donors (Lipinski definition) is 0. The molecule has 0 unspecified atom stereocenters. The van der Waals surface area contributed by atoms with Crippen molar-refractivity contribution in [1.82, 2.24) is 19.0 Å². The first-order valence-corrected chi connectivity index (χ1v) is 9.45. The van der Waals surface area contributed by atoms with Gasteiger partial charge in [0.2, 0.25) is 10.0 Å². The van der Waals surface area contributed by atoms with Crippen molar-refractivity contribution in [2.24, 2.45) is 0 Å². The molecule has 25 heavy (non-hydrogen) atoms. The number of sulfonamides is 1. The van der Waals surface area contributed by atoms with Crippen molar-refractivity contribution in [1.29, 1.82) is 0 Å². The van der Waals surface area contributed by atoms with E-state index in [1.165, 1.54) is 20.2 Å². The maximum Gasteiger partial charge on any atom is 0.246 e. The van der Waals surface area contributed by atoms with E-state index < -0.39 is 10.0 Å². The molecule has 0 amide bonds. The first kappa shape index (κ1) is 19.8. The molecule has 0 saturated heterocycles. The first-order chi connectivity index (χ1) is 11.6. The summed E-state index contributed by atoms with van der Waals surface area (Å²) in [6, 6.07) is 4.56. The van der Waals surface area contributed by atoms with E-state index in [0.717, 1.165) is 4.31 Å². The van der Waals surface area contributed by atoms with Crippen LogP contribution in [-0.2, 0) is 23.2 Å². The Morgan fingerprint density at radius 2 is 1.88 bits per heavy atom. The number of nitrogens with zero attached hydrogens (tertiary/aromatic N) is 4. The van der Waals surface area contributed by atoms with Crippen LogP contribution in [0.2, 0.25) is 5.02 Å². The van der Waals surface area contributed by atoms with Gasteiger partial charge < -0.3 is 0 Å². The lowest BCUT2D eigenvalue weighted by molar-refractivity contribution is 0.240. The van der Waals surface area contributed by atoms with Crippen molar-refractivity contribution >= 4 is 21.6 Å². The molecule has 6 nitrogen and oxygen atoms in total. The Balaban J connectivity index is 2.27. The van der Waals surface area contributed by atoms with Gasteiger partial charge in [0, 0.05) is 31.2 Å². The van der Waals surface area contributed by atoms with E-state index in [2.05, 4.69) is 5.10 Å². The van der Waals surface area contributed by atoms with Gasteiger partial charge >= 0.3 is 0 Å². The van der Waals surface area contributed by atoms with Crippen LogP contribution in [0.1, 0.15) is 17.0 Å². The highest BCUT2D eigenvalue weighted by atomic mass is 35.5. The van der Waals surface area contributed by atoms with Gasteiger partial charge in [0.25, 0.3) is 0 Å². The fourth-order valence-electron chi connectivity index (χ4n) is 2.61. The fourth-order valence-corrected chi connectivity index (χ4v) is 4.09. The molecule has 2 rings (SSSR count). The molecule has 0 saturated carbocycles. The van der Waals surface area contributed by atoms with Crippen LogP contribution in [0.25, 0.3) is 0 Å². The van der Waals surface area contributed by atoms with Gasteiger partial charge in [-0.3, -0.25) is 9.58 Å². The fraction of sp³-hybridized carbons (Fsp3) is 0.438. The van der Waals surface area contributed by atoms with Crippen LogP contribution < -0.4 is 0 Å². The van der Waals surface area contributed by atoms with Crippen molar-refractivity contribution in [2.75, 3.05) is 21.1 Å². The molecule has 1 aromatic heterocycles. The second kappa shape index (κ2) is 7.41. The van der Waals surface area contributed by atoms with Crippen molar-refractivity contribution in [3.05, 3.63) is 46.0 Å². The van der Waals surface area contributed by atoms with Gasteiger partial charge in [0.1, 0.15) is 10.7 Å². The molecule has 138 valence electrons. The lowest BCUT2D eigenvalue weighted by Gasteiger charge is -2.19. The van der Waals surface area contributed by atoms with E-state index in [4.69, 9.17) is 11.6 Å². The van der Waals surface area contributed by atoms with E-state index >= 15 is 0 Å². The van der Waals surface area contributed by atoms with Crippen LogP contribution in [0.3, 0.4) is 0 Å². The lowest BCUT2D eigenvalue weighted by atomic mass is 10.2. The number of aromatic nitrogens is 2. The van der Waals surface area contributed by atoms with Crippen LogP contribution in [0.5, 0.6) is 0 Å². The molecule has 0 bridgehead atoms. The maximum atomic E-state index is 13.9. The molecule has 0 spiro atoms. The second-order valence-electron chi connectivity index (χ2n) is 6.14. The molecule has 0 aliphatic carbocycles. The molecule has 9 heteroatoms. The minimum absolute atomic E-state index is 0.204. The summed E-state index contributed by atoms with van der Waals surface area (Å²) in [5.41, 5.74) is 1.37. The van der Waals surface area contributed by atoms with Gasteiger partial charge in [0.05, 0.1) is 18.1 Å². The van der Waals surface area contributed by atoms with Crippen LogP contribution in [0, 0.1) is 19.7 Å². The van der Waals surface area contributed by atoms with Crippen LogP contribution in [0.15, 0.2) is 23.1 Å². The molecule has 2 aromatic rings. The van der Waals surface area contributed by atoms with Crippen molar-refractivity contribution in [3.63, 3.8) is 0 Å². The minimum Gasteiger partial charge on any atom is -0.283 e. The minimum atomic E-state index is -3.58. The third-order valence-corrected chi connectivity index (χ3v) is 6.34. The summed E-state index contributed by atoms with van der Waals surface area (Å²) in [6.45, 7) is 3.95. The predicted molar refractivity (Wildman–Crippen MR) is 95.5 cm³/mol. The Morgan fingerprint density at radius 3 is 2.44 bits per heavy atom. The van der Waals surface area contributed by atoms with Crippen LogP contribution in [-0.4, -0.2) is 48.5 Å². The molecule has 0 N–H and O–H groups in total. The molecular weight excluding hydrogens is 367 g/mol. The van der Waals surface area contributed by atoms with Crippen molar-refractivity contribution in [2.45, 2.75) is 32.0 Å². The average molecular weight is 389 g/mol. The topological polar surface area (TPSA) is 58.4 Å². The van der Waals surface area contributed by atoms with E-state index in [0.29, 0.717) is 28.6 Å². The highest BCUT2D eigenvalue weighted by Crippen LogP contribution is 2.23. The number of aryl methyl sites for hydroxylation is 1. The van der Waals surface area contributed by atoms with Gasteiger partial charge in [-0.15, -0.1) is 0 Å². The van der Waals surface area contributed by atoms with E-state index in [1.807, 2.05) is 4.90 Å². The molecule has 0 atom stereocenters. The number of hydrogen-bond acceptors (Lipinski definition) is 4. The standard InChI is InChI=1S/C16H22ClFN4O2S/c1-11-16(25(23,24)20(3)4)12(2)22(19-11)10-21(5)9-13-14(17)7-6-8-15(13)18/h6-8H,9-10H2,1-5H3. The summed E-state index contributed by atoms with van der Waals surface area (Å²) in [5.74, 6) is -0.372. The Labute approximate surface area is 152 Å². The van der Waals surface area contributed by atoms with Gasteiger partial charge in [0.15, 0.2) is 0 Å². The summed E-state index contributed by atoms with van der Waals surface area (Å²) in [4.78, 5) is 2.02. The Kier molecular flexibility index (Phi) is 5.88. The Hall–Kier alpha value is -1.48. The van der Waals surface area contributed by atoms with Crippen LogP contribution >= 0.6 is 11.6 Å². The summed E-state index contributed by atoms with van der Waals surface area (Å²) in [6.07, 6.45) is 0. The summed E-state index contributed by atoms with van der Waals surface area (Å²) >= 11 is 6.06. The molecule has 1 heterocycles. The van der Waals surface area contributed by atoms with E-state index in [9.17, 15) is 12.8 Å². The Bertz CT molecular complexity index is 860. The summed E-state index contributed by atoms with van der Waals surface area (Å²) in [5, 5.41) is 4.69. The summed E-state index contributed by atoms with van der Waals surface area (Å²) in [7, 11) is 1.18. The monoisotopic (exact) mass is 388 g/mol. The van der Waals surface area contributed by atoms with Crippen molar-refractivity contribution in [3.8, 4) is 0 Å². The van der Waals surface area contributed by atoms with Crippen LogP contribution in [0.4, 0.5) is 4.39 Å². The molecular formula is C16H22ClFN4O2S. The Morgan fingerprint density at radius 1 is 1.24 bits per heavy atom. The molecule has 0 aliphatic rings. The molecule has 0 fully saturated rings. The average Bonchev–Trinajstić information content (AvgIpc) is 2.77. The number of halogens is 2. The van der Waals surface area contributed by atoms with E-state index in [-0.39, 0.29) is 17.3 Å². The molecule has 0 aliphatic heterocycles. The van der Waals surface area contributed by atoms with Crippen molar-refractivity contribution < 1.29 is 12.8 Å². The maximum absolute atomic E-state index is 13.9. The van der Waals surface area contributed by atoms with E-state index in [1.54, 1.807) is 37.7 Å².